The summed E-state index contributed by atoms with van der Waals surface area (Å²) in [5, 5.41) is 13.6. The van der Waals surface area contributed by atoms with Crippen molar-refractivity contribution in [2.45, 2.75) is 18.5 Å². The molecule has 0 saturated carbocycles. The summed E-state index contributed by atoms with van der Waals surface area (Å²) in [4.78, 5) is 4.69. The average molecular weight is 309 g/mol. The van der Waals surface area contributed by atoms with Crippen molar-refractivity contribution in [1.29, 1.82) is 0 Å². The molecule has 0 amide bonds. The molecular weight excluding hydrogens is 286 g/mol. The second-order valence-electron chi connectivity index (χ2n) is 5.06. The second-order valence-corrected chi connectivity index (χ2v) is 6.07. The number of rotatable bonds is 9. The first-order valence-corrected chi connectivity index (χ1v) is 8.14. The van der Waals surface area contributed by atoms with Crippen LogP contribution in [0.25, 0.3) is 5.65 Å². The molecule has 0 bridgehead atoms. The van der Waals surface area contributed by atoms with Crippen molar-refractivity contribution in [2.75, 3.05) is 32.6 Å². The van der Waals surface area contributed by atoms with E-state index >= 15 is 0 Å². The van der Waals surface area contributed by atoms with Crippen LogP contribution < -0.4 is 5.32 Å². The third kappa shape index (κ3) is 4.44. The van der Waals surface area contributed by atoms with E-state index in [1.807, 2.05) is 31.3 Å². The first-order chi connectivity index (χ1) is 10.3. The molecule has 1 atom stereocenters. The van der Waals surface area contributed by atoms with Gasteiger partial charge < -0.3 is 19.6 Å². The standard InChI is InChI=1S/C15H23N3O2S/c1-12(10-19)11-21-15-13(9-16-6-8-20-2)18-7-4-3-5-14(18)17-15/h3-5,7,12,16,19H,6,8-11H2,1-2H3. The molecule has 2 N–H and O–H groups in total. The molecule has 6 heteroatoms. The van der Waals surface area contributed by atoms with Crippen LogP contribution >= 0.6 is 11.8 Å². The normalized spacial score (nSPS) is 12.9. The predicted octanol–water partition coefficient (Wildman–Crippen LogP) is 1.79. The van der Waals surface area contributed by atoms with Crippen LogP contribution in [-0.4, -0.2) is 47.1 Å². The molecular formula is C15H23N3O2S. The zero-order valence-electron chi connectivity index (χ0n) is 12.6. The quantitative estimate of drug-likeness (QED) is 0.546. The fraction of sp³-hybridized carbons (Fsp3) is 0.533. The molecule has 116 valence electrons. The fourth-order valence-corrected chi connectivity index (χ4v) is 3.00. The Labute approximate surface area is 129 Å². The van der Waals surface area contributed by atoms with Gasteiger partial charge >= 0.3 is 0 Å². The van der Waals surface area contributed by atoms with E-state index in [-0.39, 0.29) is 12.5 Å². The zero-order valence-corrected chi connectivity index (χ0v) is 13.4. The van der Waals surface area contributed by atoms with Gasteiger partial charge in [-0.1, -0.05) is 13.0 Å². The van der Waals surface area contributed by atoms with Crippen molar-refractivity contribution < 1.29 is 9.84 Å². The molecule has 0 radical (unpaired) electrons. The van der Waals surface area contributed by atoms with Gasteiger partial charge in [-0.25, -0.2) is 4.98 Å². The van der Waals surface area contributed by atoms with Crippen LogP contribution in [-0.2, 0) is 11.3 Å². The Bertz CT molecular complexity index is 559. The van der Waals surface area contributed by atoms with E-state index in [9.17, 15) is 0 Å². The Kier molecular flexibility index (Phi) is 6.50. The van der Waals surface area contributed by atoms with Crippen molar-refractivity contribution in [3.8, 4) is 0 Å². The van der Waals surface area contributed by atoms with Gasteiger partial charge in [-0.05, 0) is 18.1 Å². The molecule has 2 heterocycles. The summed E-state index contributed by atoms with van der Waals surface area (Å²) < 4.78 is 7.17. The number of fused-ring (bicyclic) bond motifs is 1. The number of imidazole rings is 1. The summed E-state index contributed by atoms with van der Waals surface area (Å²) in [6, 6.07) is 6.02. The molecule has 0 fully saturated rings. The number of aliphatic hydroxyl groups is 1. The number of pyridine rings is 1. The van der Waals surface area contributed by atoms with Crippen LogP contribution in [0.15, 0.2) is 29.4 Å². The van der Waals surface area contributed by atoms with E-state index in [2.05, 4.69) is 9.72 Å². The van der Waals surface area contributed by atoms with Crippen LogP contribution in [0.1, 0.15) is 12.6 Å². The van der Waals surface area contributed by atoms with E-state index in [0.717, 1.165) is 35.2 Å². The Morgan fingerprint density at radius 3 is 3.10 bits per heavy atom. The van der Waals surface area contributed by atoms with Gasteiger partial charge in [-0.3, -0.25) is 0 Å². The van der Waals surface area contributed by atoms with Crippen molar-refractivity contribution in [2.24, 2.45) is 5.92 Å². The van der Waals surface area contributed by atoms with Gasteiger partial charge in [0.1, 0.15) is 10.7 Å². The lowest BCUT2D eigenvalue weighted by atomic mass is 10.2. The number of nitrogens with one attached hydrogen (secondary N) is 1. The summed E-state index contributed by atoms with van der Waals surface area (Å²) in [5.74, 6) is 1.14. The van der Waals surface area contributed by atoms with Crippen molar-refractivity contribution in [3.05, 3.63) is 30.1 Å². The largest absolute Gasteiger partial charge is 0.396 e. The molecule has 21 heavy (non-hydrogen) atoms. The second kappa shape index (κ2) is 8.38. The Morgan fingerprint density at radius 1 is 1.48 bits per heavy atom. The zero-order chi connectivity index (χ0) is 15.1. The SMILES string of the molecule is COCCNCc1c(SCC(C)CO)nc2ccccn12. The molecule has 1 unspecified atom stereocenters. The monoisotopic (exact) mass is 309 g/mol. The minimum absolute atomic E-state index is 0.210. The molecule has 2 rings (SSSR count). The van der Waals surface area contributed by atoms with Gasteiger partial charge in [0, 0.05) is 38.8 Å². The average Bonchev–Trinajstić information content (AvgIpc) is 2.87. The Morgan fingerprint density at radius 2 is 2.33 bits per heavy atom. The van der Waals surface area contributed by atoms with Gasteiger partial charge in [-0.15, -0.1) is 11.8 Å². The number of ether oxygens (including phenoxy) is 1. The lowest BCUT2D eigenvalue weighted by Crippen LogP contribution is -2.20. The Balaban J connectivity index is 2.13. The fourth-order valence-electron chi connectivity index (χ4n) is 1.96. The van der Waals surface area contributed by atoms with Crippen LogP contribution in [0.4, 0.5) is 0 Å². The highest BCUT2D eigenvalue weighted by atomic mass is 32.2. The molecule has 0 aromatic carbocycles. The first kappa shape index (κ1) is 16.3. The van der Waals surface area contributed by atoms with Crippen LogP contribution in [0.2, 0.25) is 0 Å². The summed E-state index contributed by atoms with van der Waals surface area (Å²) in [6.07, 6.45) is 2.04. The summed E-state index contributed by atoms with van der Waals surface area (Å²) in [6.45, 7) is 4.51. The lowest BCUT2D eigenvalue weighted by molar-refractivity contribution is 0.199. The maximum atomic E-state index is 9.16. The van der Waals surface area contributed by atoms with Crippen molar-refractivity contribution >= 4 is 17.4 Å². The summed E-state index contributed by atoms with van der Waals surface area (Å²) in [5.41, 5.74) is 2.12. The number of thioether (sulfide) groups is 1. The third-order valence-corrected chi connectivity index (χ3v) is 4.52. The highest BCUT2D eigenvalue weighted by molar-refractivity contribution is 7.99. The number of nitrogens with zero attached hydrogens (tertiary/aromatic N) is 2. The maximum Gasteiger partial charge on any atom is 0.138 e. The molecule has 0 aliphatic rings. The third-order valence-electron chi connectivity index (χ3n) is 3.18. The van der Waals surface area contributed by atoms with Crippen molar-refractivity contribution in [1.82, 2.24) is 14.7 Å². The molecule has 0 saturated heterocycles. The molecule has 2 aromatic heterocycles. The number of aliphatic hydroxyl groups excluding tert-OH is 1. The van der Waals surface area contributed by atoms with Gasteiger partial charge in [0.25, 0.3) is 0 Å². The lowest BCUT2D eigenvalue weighted by Gasteiger charge is -2.09. The van der Waals surface area contributed by atoms with Crippen LogP contribution in [0.3, 0.4) is 0 Å². The van der Waals surface area contributed by atoms with Crippen molar-refractivity contribution in [3.63, 3.8) is 0 Å². The van der Waals surface area contributed by atoms with Gasteiger partial charge in [0.2, 0.25) is 0 Å². The maximum absolute atomic E-state index is 9.16. The summed E-state index contributed by atoms with van der Waals surface area (Å²) in [7, 11) is 1.70. The number of hydrogen-bond acceptors (Lipinski definition) is 5. The Hall–Kier alpha value is -1.08. The van der Waals surface area contributed by atoms with Crippen LogP contribution in [0, 0.1) is 5.92 Å². The molecule has 0 aliphatic heterocycles. The van der Waals surface area contributed by atoms with Gasteiger partial charge in [0.05, 0.1) is 12.3 Å². The molecule has 0 aliphatic carbocycles. The van der Waals surface area contributed by atoms with Gasteiger partial charge in [0.15, 0.2) is 0 Å². The minimum atomic E-state index is 0.210. The van der Waals surface area contributed by atoms with E-state index in [4.69, 9.17) is 14.8 Å². The summed E-state index contributed by atoms with van der Waals surface area (Å²) >= 11 is 1.71. The number of hydrogen-bond donors (Lipinski definition) is 2. The highest BCUT2D eigenvalue weighted by Gasteiger charge is 2.13. The van der Waals surface area contributed by atoms with E-state index in [1.54, 1.807) is 18.9 Å². The first-order valence-electron chi connectivity index (χ1n) is 7.15. The topological polar surface area (TPSA) is 58.8 Å². The highest BCUT2D eigenvalue weighted by Crippen LogP contribution is 2.25. The smallest absolute Gasteiger partial charge is 0.138 e. The molecule has 5 nitrogen and oxygen atoms in total. The minimum Gasteiger partial charge on any atom is -0.396 e. The molecule has 0 spiro atoms. The predicted molar refractivity (Wildman–Crippen MR) is 85.7 cm³/mol. The van der Waals surface area contributed by atoms with Crippen LogP contribution in [0.5, 0.6) is 0 Å². The number of aromatic nitrogens is 2. The van der Waals surface area contributed by atoms with E-state index < -0.39 is 0 Å². The molecule has 2 aromatic rings. The van der Waals surface area contributed by atoms with Gasteiger partial charge in [-0.2, -0.15) is 0 Å². The van der Waals surface area contributed by atoms with E-state index in [0.29, 0.717) is 6.61 Å². The van der Waals surface area contributed by atoms with E-state index in [1.165, 1.54) is 0 Å². The number of methoxy groups -OCH3 is 1.